The number of halogens is 1. The minimum absolute atomic E-state index is 0.178. The van der Waals surface area contributed by atoms with E-state index in [0.29, 0.717) is 28.3 Å². The van der Waals surface area contributed by atoms with Crippen LogP contribution in [0.4, 0.5) is 4.39 Å². The number of hydrazone groups is 1. The molecule has 1 unspecified atom stereocenters. The molecule has 176 valence electrons. The maximum absolute atomic E-state index is 13.3. The van der Waals surface area contributed by atoms with E-state index >= 15 is 0 Å². The molecule has 0 spiro atoms. The van der Waals surface area contributed by atoms with Crippen molar-refractivity contribution in [2.45, 2.75) is 31.9 Å². The van der Waals surface area contributed by atoms with Crippen LogP contribution in [-0.2, 0) is 0 Å². The number of aromatic nitrogens is 3. The predicted octanol–water partition coefficient (Wildman–Crippen LogP) is 1.73. The number of hydrogen-bond donors (Lipinski definition) is 3. The molecule has 1 aliphatic rings. The summed E-state index contributed by atoms with van der Waals surface area (Å²) >= 11 is 0. The summed E-state index contributed by atoms with van der Waals surface area (Å²) in [6, 6.07) is 8.32. The van der Waals surface area contributed by atoms with Crippen LogP contribution in [0.3, 0.4) is 0 Å². The number of piperidine rings is 1. The molecule has 1 atom stereocenters. The lowest BCUT2D eigenvalue weighted by Crippen LogP contribution is -2.31. The Hall–Kier alpha value is -3.88. The van der Waals surface area contributed by atoms with Crippen LogP contribution >= 0.6 is 0 Å². The molecule has 4 N–H and O–H groups in total. The lowest BCUT2D eigenvalue weighted by molar-refractivity contribution is 0.107. The Morgan fingerprint density at radius 3 is 2.79 bits per heavy atom. The topological polar surface area (TPSA) is 146 Å². The van der Waals surface area contributed by atoms with Gasteiger partial charge in [0, 0.05) is 11.6 Å². The summed E-state index contributed by atoms with van der Waals surface area (Å²) in [6.07, 6.45) is 3.42. The molecule has 0 saturated carbocycles. The second-order valence-electron chi connectivity index (χ2n) is 7.89. The molecule has 0 aromatic carbocycles. The van der Waals surface area contributed by atoms with Gasteiger partial charge in [0.15, 0.2) is 6.10 Å². The van der Waals surface area contributed by atoms with Gasteiger partial charge in [-0.2, -0.15) is 10.4 Å². The smallest absolute Gasteiger partial charge is 0.201 e. The molecule has 4 heterocycles. The Morgan fingerprint density at radius 1 is 1.35 bits per heavy atom. The average Bonchev–Trinajstić information content (AvgIpc) is 3.27. The first-order valence-corrected chi connectivity index (χ1v) is 10.9. The van der Waals surface area contributed by atoms with E-state index in [1.54, 1.807) is 12.1 Å². The summed E-state index contributed by atoms with van der Waals surface area (Å²) in [6.45, 7) is 3.25. The summed E-state index contributed by atoms with van der Waals surface area (Å²) in [5, 5.41) is 26.8. The Labute approximate surface area is 195 Å². The van der Waals surface area contributed by atoms with Crippen LogP contribution in [-0.4, -0.2) is 56.6 Å². The number of pyridine rings is 2. The van der Waals surface area contributed by atoms with Gasteiger partial charge in [0.2, 0.25) is 5.88 Å². The van der Waals surface area contributed by atoms with E-state index in [9.17, 15) is 14.8 Å². The molecular weight excluding hydrogens is 439 g/mol. The zero-order chi connectivity index (χ0) is 24.1. The quantitative estimate of drug-likeness (QED) is 0.274. The standard InChI is InChI=1S/C23H25FN8O2/c1-14(30-17-4-6-27-7-5-17)23(31-26)15-8-21-29-12-18(10-25)32(21)22(9-15)34-20(13-33)19-3-2-16(24)11-28-19/h2-3,8-9,11-12,17,20,27,33H,4-7,13,26H2,1H3/b30-14?,31-23+. The fourth-order valence-corrected chi connectivity index (χ4v) is 3.94. The molecule has 0 aliphatic carbocycles. The minimum atomic E-state index is -0.907. The fraction of sp³-hybridized carbons (Fsp3) is 0.348. The highest BCUT2D eigenvalue weighted by molar-refractivity contribution is 6.47. The number of nitrogens with one attached hydrogen (secondary N) is 1. The van der Waals surface area contributed by atoms with Crippen LogP contribution in [0.15, 0.2) is 46.8 Å². The van der Waals surface area contributed by atoms with Gasteiger partial charge in [0.1, 0.15) is 28.9 Å². The van der Waals surface area contributed by atoms with E-state index in [-0.39, 0.29) is 17.6 Å². The Bertz CT molecular complexity index is 1260. The van der Waals surface area contributed by atoms with Gasteiger partial charge in [-0.15, -0.1) is 0 Å². The monoisotopic (exact) mass is 464 g/mol. The Morgan fingerprint density at radius 2 is 2.15 bits per heavy atom. The lowest BCUT2D eigenvalue weighted by atomic mass is 10.0. The lowest BCUT2D eigenvalue weighted by Gasteiger charge is -2.21. The molecule has 3 aromatic heterocycles. The van der Waals surface area contributed by atoms with Gasteiger partial charge in [0.05, 0.1) is 36.4 Å². The van der Waals surface area contributed by atoms with Gasteiger partial charge in [0.25, 0.3) is 0 Å². The van der Waals surface area contributed by atoms with Gasteiger partial charge in [-0.05, 0) is 51.1 Å². The molecule has 4 rings (SSSR count). The average molecular weight is 465 g/mol. The molecule has 1 saturated heterocycles. The van der Waals surface area contributed by atoms with Gasteiger partial charge >= 0.3 is 0 Å². The number of aliphatic hydroxyl groups is 1. The normalized spacial score (nSPS) is 16.4. The van der Waals surface area contributed by atoms with E-state index in [1.807, 2.05) is 6.92 Å². The van der Waals surface area contributed by atoms with Crippen LogP contribution in [0, 0.1) is 17.1 Å². The molecule has 0 radical (unpaired) electrons. The summed E-state index contributed by atoms with van der Waals surface area (Å²) in [5.74, 6) is 5.48. The van der Waals surface area contributed by atoms with E-state index in [1.165, 1.54) is 22.7 Å². The second-order valence-corrected chi connectivity index (χ2v) is 7.89. The van der Waals surface area contributed by atoms with Crippen molar-refractivity contribution in [2.75, 3.05) is 19.7 Å². The summed E-state index contributed by atoms with van der Waals surface area (Å²) in [5.41, 5.74) is 2.75. The number of nitriles is 1. The van der Waals surface area contributed by atoms with Crippen molar-refractivity contribution in [1.29, 1.82) is 5.26 Å². The van der Waals surface area contributed by atoms with Crippen molar-refractivity contribution < 1.29 is 14.2 Å². The second kappa shape index (κ2) is 10.4. The third kappa shape index (κ3) is 4.88. The molecule has 0 amide bonds. The van der Waals surface area contributed by atoms with E-state index < -0.39 is 18.5 Å². The SMILES string of the molecule is CC(=NC1CCNCC1)/C(=N\N)c1cc(OC(CO)c2ccc(F)cn2)n2c(C#N)cnc2c1. The minimum Gasteiger partial charge on any atom is -0.466 e. The molecule has 3 aromatic rings. The molecule has 10 nitrogen and oxygen atoms in total. The van der Waals surface area contributed by atoms with Crippen molar-refractivity contribution in [1.82, 2.24) is 19.7 Å². The zero-order valence-corrected chi connectivity index (χ0v) is 18.6. The van der Waals surface area contributed by atoms with Crippen molar-refractivity contribution in [3.05, 3.63) is 59.4 Å². The highest BCUT2D eigenvalue weighted by atomic mass is 19.1. The van der Waals surface area contributed by atoms with Crippen LogP contribution in [0.25, 0.3) is 5.65 Å². The number of imidazole rings is 1. The highest BCUT2D eigenvalue weighted by Gasteiger charge is 2.21. The molecule has 11 heteroatoms. The number of fused-ring (bicyclic) bond motifs is 1. The molecular formula is C23H25FN8O2. The van der Waals surface area contributed by atoms with Gasteiger partial charge in [-0.3, -0.25) is 14.4 Å². The first-order valence-electron chi connectivity index (χ1n) is 10.9. The van der Waals surface area contributed by atoms with E-state index in [4.69, 9.17) is 15.6 Å². The number of rotatable bonds is 7. The number of hydrogen-bond acceptors (Lipinski definition) is 9. The van der Waals surface area contributed by atoms with Crippen molar-refractivity contribution in [3.8, 4) is 11.9 Å². The first kappa shape index (κ1) is 23.3. The number of aliphatic hydroxyl groups excluding tert-OH is 1. The third-order valence-corrected chi connectivity index (χ3v) is 5.63. The van der Waals surface area contributed by atoms with Crippen LogP contribution in [0.5, 0.6) is 5.88 Å². The zero-order valence-electron chi connectivity index (χ0n) is 18.6. The van der Waals surface area contributed by atoms with E-state index in [0.717, 1.165) is 32.1 Å². The number of nitrogens with two attached hydrogens (primary N) is 1. The van der Waals surface area contributed by atoms with Gasteiger partial charge in [-0.1, -0.05) is 0 Å². The molecule has 34 heavy (non-hydrogen) atoms. The van der Waals surface area contributed by atoms with E-state index in [2.05, 4.69) is 26.5 Å². The number of nitrogens with zero attached hydrogens (tertiary/aromatic N) is 6. The summed E-state index contributed by atoms with van der Waals surface area (Å²) in [4.78, 5) is 13.1. The van der Waals surface area contributed by atoms with Crippen LogP contribution < -0.4 is 15.9 Å². The van der Waals surface area contributed by atoms with Gasteiger partial charge in [-0.25, -0.2) is 9.37 Å². The number of ether oxygens (including phenoxy) is 1. The maximum Gasteiger partial charge on any atom is 0.201 e. The Balaban J connectivity index is 1.75. The largest absolute Gasteiger partial charge is 0.466 e. The van der Waals surface area contributed by atoms with Crippen LogP contribution in [0.1, 0.15) is 42.8 Å². The van der Waals surface area contributed by atoms with Crippen molar-refractivity contribution in [2.24, 2.45) is 15.9 Å². The van der Waals surface area contributed by atoms with Crippen molar-refractivity contribution in [3.63, 3.8) is 0 Å². The first-order chi connectivity index (χ1) is 16.5. The number of aliphatic imine (C=N–C) groups is 1. The van der Waals surface area contributed by atoms with Crippen molar-refractivity contribution >= 4 is 17.1 Å². The Kier molecular flexibility index (Phi) is 7.10. The molecule has 1 aliphatic heterocycles. The highest BCUT2D eigenvalue weighted by Crippen LogP contribution is 2.26. The summed E-state index contributed by atoms with van der Waals surface area (Å²) < 4.78 is 20.9. The predicted molar refractivity (Wildman–Crippen MR) is 124 cm³/mol. The maximum atomic E-state index is 13.3. The molecule has 0 bridgehead atoms. The third-order valence-electron chi connectivity index (χ3n) is 5.63. The summed E-state index contributed by atoms with van der Waals surface area (Å²) in [7, 11) is 0. The fourth-order valence-electron chi connectivity index (χ4n) is 3.94. The van der Waals surface area contributed by atoms with Crippen LogP contribution in [0.2, 0.25) is 0 Å². The molecule has 1 fully saturated rings. The van der Waals surface area contributed by atoms with Gasteiger partial charge < -0.3 is 21.0 Å².